The van der Waals surface area contributed by atoms with E-state index < -0.39 is 0 Å². The summed E-state index contributed by atoms with van der Waals surface area (Å²) in [5.41, 5.74) is 1.02. The third kappa shape index (κ3) is 3.03. The van der Waals surface area contributed by atoms with Crippen molar-refractivity contribution >= 4 is 55.9 Å². The fourth-order valence-corrected chi connectivity index (χ4v) is 2.88. The summed E-state index contributed by atoms with van der Waals surface area (Å²) in [6.07, 6.45) is 1.51. The Labute approximate surface area is 138 Å². The Kier molecular flexibility index (Phi) is 4.68. The van der Waals surface area contributed by atoms with Crippen LogP contribution in [0.3, 0.4) is 0 Å². The lowest BCUT2D eigenvalue weighted by Gasteiger charge is -2.11. The summed E-state index contributed by atoms with van der Waals surface area (Å²) < 4.78 is 3.40. The molecule has 1 heterocycles. The van der Waals surface area contributed by atoms with E-state index in [-0.39, 0.29) is 11.8 Å². The molecule has 0 aliphatic heterocycles. The Morgan fingerprint density at radius 2 is 2.16 bits per heavy atom. The summed E-state index contributed by atoms with van der Waals surface area (Å²) in [6.45, 7) is 3.92. The third-order valence-corrected chi connectivity index (χ3v) is 4.27. The molecule has 2 rings (SSSR count). The quantitative estimate of drug-likeness (QED) is 0.498. The molecule has 0 saturated carbocycles. The van der Waals surface area contributed by atoms with Gasteiger partial charge in [0.05, 0.1) is 11.2 Å². The van der Waals surface area contributed by atoms with E-state index in [4.69, 9.17) is 11.6 Å². The first-order chi connectivity index (χ1) is 8.91. The summed E-state index contributed by atoms with van der Waals surface area (Å²) in [4.78, 5) is 12.6. The van der Waals surface area contributed by atoms with Crippen LogP contribution in [0.25, 0.3) is 0 Å². The van der Waals surface area contributed by atoms with Crippen LogP contribution in [0.4, 0.5) is 0 Å². The maximum absolute atomic E-state index is 12.6. The molecule has 0 spiro atoms. The molecule has 0 fully saturated rings. The van der Waals surface area contributed by atoms with Gasteiger partial charge in [-0.25, -0.2) is 0 Å². The van der Waals surface area contributed by atoms with Crippen molar-refractivity contribution in [3.05, 3.63) is 48.7 Å². The summed E-state index contributed by atoms with van der Waals surface area (Å²) >= 11 is 11.7. The van der Waals surface area contributed by atoms with Crippen LogP contribution in [-0.2, 0) is 0 Å². The maximum atomic E-state index is 12.6. The first kappa shape index (κ1) is 15.0. The van der Waals surface area contributed by atoms with Crippen LogP contribution in [0, 0.1) is 3.57 Å². The maximum Gasteiger partial charge on any atom is 0.213 e. The van der Waals surface area contributed by atoms with E-state index in [2.05, 4.69) is 43.6 Å². The molecule has 2 aromatic rings. The Bertz CT molecular complexity index is 640. The van der Waals surface area contributed by atoms with Crippen molar-refractivity contribution in [1.82, 2.24) is 9.78 Å². The van der Waals surface area contributed by atoms with Gasteiger partial charge < -0.3 is 0 Å². The molecule has 6 heteroatoms. The number of rotatable bonds is 3. The zero-order valence-corrected chi connectivity index (χ0v) is 14.8. The molecule has 3 nitrogen and oxygen atoms in total. The first-order valence-corrected chi connectivity index (χ1v) is 7.89. The first-order valence-electron chi connectivity index (χ1n) is 5.64. The highest BCUT2D eigenvalue weighted by molar-refractivity contribution is 14.1. The second-order valence-corrected chi connectivity index (χ2v) is 6.84. The standard InChI is InChI=1S/C13H11BrClIN2O/c1-7(2)18-12(11(15)6-17-18)13(19)9-5-8(16)3-4-10(9)14/h3-7H,1-2H3. The van der Waals surface area contributed by atoms with E-state index in [1.807, 2.05) is 32.0 Å². The minimum absolute atomic E-state index is 0.0769. The molecule has 1 aromatic heterocycles. The highest BCUT2D eigenvalue weighted by atomic mass is 127. The number of carbonyl (C=O) groups excluding carboxylic acids is 1. The molecule has 0 radical (unpaired) electrons. The molecule has 0 aliphatic rings. The Morgan fingerprint density at radius 1 is 1.47 bits per heavy atom. The number of ketones is 1. The lowest BCUT2D eigenvalue weighted by molar-refractivity contribution is 0.102. The van der Waals surface area contributed by atoms with E-state index >= 15 is 0 Å². The van der Waals surface area contributed by atoms with E-state index in [1.165, 1.54) is 6.20 Å². The minimum atomic E-state index is -0.124. The molecule has 0 bridgehead atoms. The summed E-state index contributed by atoms with van der Waals surface area (Å²) in [6, 6.07) is 5.70. The van der Waals surface area contributed by atoms with E-state index in [1.54, 1.807) is 4.68 Å². The topological polar surface area (TPSA) is 34.9 Å². The second kappa shape index (κ2) is 5.93. The molecule has 0 unspecified atom stereocenters. The minimum Gasteiger partial charge on any atom is -0.287 e. The molecular weight excluding hydrogens is 442 g/mol. The molecule has 0 amide bonds. The third-order valence-electron chi connectivity index (χ3n) is 2.63. The van der Waals surface area contributed by atoms with Crippen molar-refractivity contribution in [3.63, 3.8) is 0 Å². The summed E-state index contributed by atoms with van der Waals surface area (Å²) in [5, 5.41) is 4.54. The number of aromatic nitrogens is 2. The van der Waals surface area contributed by atoms with Crippen molar-refractivity contribution in [2.75, 3.05) is 0 Å². The van der Waals surface area contributed by atoms with Gasteiger partial charge in [0.1, 0.15) is 5.69 Å². The predicted molar refractivity (Wildman–Crippen MR) is 87.9 cm³/mol. The van der Waals surface area contributed by atoms with Crippen LogP contribution in [-0.4, -0.2) is 15.6 Å². The molecule has 0 atom stereocenters. The van der Waals surface area contributed by atoms with Crippen molar-refractivity contribution in [1.29, 1.82) is 0 Å². The van der Waals surface area contributed by atoms with Gasteiger partial charge >= 0.3 is 0 Å². The highest BCUT2D eigenvalue weighted by Crippen LogP contribution is 2.27. The van der Waals surface area contributed by atoms with Gasteiger partial charge in [-0.3, -0.25) is 9.48 Å². The fourth-order valence-electron chi connectivity index (χ4n) is 1.74. The number of hydrogen-bond acceptors (Lipinski definition) is 2. The Balaban J connectivity index is 2.56. The van der Waals surface area contributed by atoms with Crippen LogP contribution in [0.2, 0.25) is 5.02 Å². The van der Waals surface area contributed by atoms with Gasteiger partial charge in [0, 0.05) is 19.6 Å². The number of benzene rings is 1. The van der Waals surface area contributed by atoms with Crippen LogP contribution >= 0.6 is 50.1 Å². The monoisotopic (exact) mass is 452 g/mol. The summed E-state index contributed by atoms with van der Waals surface area (Å²) in [7, 11) is 0. The Morgan fingerprint density at radius 3 is 2.79 bits per heavy atom. The largest absolute Gasteiger partial charge is 0.287 e. The van der Waals surface area contributed by atoms with Crippen molar-refractivity contribution in [3.8, 4) is 0 Å². The average molecular weight is 454 g/mol. The molecule has 100 valence electrons. The molecule has 1 aromatic carbocycles. The SMILES string of the molecule is CC(C)n1ncc(Cl)c1C(=O)c1cc(I)ccc1Br. The number of hydrogen-bond donors (Lipinski definition) is 0. The van der Waals surface area contributed by atoms with Gasteiger partial charge in [0.25, 0.3) is 0 Å². The summed E-state index contributed by atoms with van der Waals surface area (Å²) in [5.74, 6) is -0.124. The number of carbonyl (C=O) groups is 1. The zero-order valence-electron chi connectivity index (χ0n) is 10.3. The molecule has 0 N–H and O–H groups in total. The van der Waals surface area contributed by atoms with Gasteiger partial charge in [-0.15, -0.1) is 0 Å². The van der Waals surface area contributed by atoms with Crippen LogP contribution < -0.4 is 0 Å². The fraction of sp³-hybridized carbons (Fsp3) is 0.231. The highest BCUT2D eigenvalue weighted by Gasteiger charge is 2.22. The lowest BCUT2D eigenvalue weighted by atomic mass is 10.1. The van der Waals surface area contributed by atoms with Gasteiger partial charge in [0.2, 0.25) is 5.78 Å². The Hall–Kier alpha value is -0.400. The molecule has 0 aliphatic carbocycles. The van der Waals surface area contributed by atoms with Crippen molar-refractivity contribution in [2.45, 2.75) is 19.9 Å². The smallest absolute Gasteiger partial charge is 0.213 e. The second-order valence-electron chi connectivity index (χ2n) is 4.33. The van der Waals surface area contributed by atoms with Crippen LogP contribution in [0.1, 0.15) is 35.9 Å². The van der Waals surface area contributed by atoms with Crippen molar-refractivity contribution < 1.29 is 4.79 Å². The van der Waals surface area contributed by atoms with E-state index in [0.29, 0.717) is 16.3 Å². The van der Waals surface area contributed by atoms with E-state index in [9.17, 15) is 4.79 Å². The molecule has 0 saturated heterocycles. The zero-order chi connectivity index (χ0) is 14.2. The normalized spacial score (nSPS) is 11.1. The molecule has 19 heavy (non-hydrogen) atoms. The van der Waals surface area contributed by atoms with Gasteiger partial charge in [-0.1, -0.05) is 27.5 Å². The van der Waals surface area contributed by atoms with Crippen LogP contribution in [0.15, 0.2) is 28.9 Å². The van der Waals surface area contributed by atoms with Crippen LogP contribution in [0.5, 0.6) is 0 Å². The average Bonchev–Trinajstić information content (AvgIpc) is 2.73. The van der Waals surface area contributed by atoms with Crippen molar-refractivity contribution in [2.24, 2.45) is 0 Å². The number of halogens is 3. The van der Waals surface area contributed by atoms with Gasteiger partial charge in [-0.2, -0.15) is 5.10 Å². The number of nitrogens with zero attached hydrogens (tertiary/aromatic N) is 2. The van der Waals surface area contributed by atoms with Gasteiger partial charge in [-0.05, 0) is 54.6 Å². The lowest BCUT2D eigenvalue weighted by Crippen LogP contribution is -2.14. The van der Waals surface area contributed by atoms with E-state index in [0.717, 1.165) is 8.04 Å². The predicted octanol–water partition coefficient (Wildman–Crippen LogP) is 4.72. The molecular formula is C13H11BrClIN2O. The van der Waals surface area contributed by atoms with Gasteiger partial charge in [0.15, 0.2) is 0 Å².